The lowest BCUT2D eigenvalue weighted by molar-refractivity contribution is -0.137. The molecule has 0 aromatic heterocycles. The maximum Gasteiger partial charge on any atom is 0.303 e. The average Bonchev–Trinajstić information content (AvgIpc) is 2.36. The van der Waals surface area contributed by atoms with E-state index in [-0.39, 0.29) is 0 Å². The first kappa shape index (κ1) is 9.52. The summed E-state index contributed by atoms with van der Waals surface area (Å²) in [6, 6.07) is 0. The van der Waals surface area contributed by atoms with E-state index in [1.165, 1.54) is 0 Å². The van der Waals surface area contributed by atoms with Crippen LogP contribution >= 0.6 is 0 Å². The van der Waals surface area contributed by atoms with Crippen molar-refractivity contribution in [3.8, 4) is 0 Å². The van der Waals surface area contributed by atoms with Crippen molar-refractivity contribution in [2.24, 2.45) is 5.92 Å². The summed E-state index contributed by atoms with van der Waals surface area (Å²) >= 11 is 0. The lowest BCUT2D eigenvalue weighted by atomic mass is 9.96. The van der Waals surface area contributed by atoms with Crippen molar-refractivity contribution in [2.75, 3.05) is 6.61 Å². The minimum absolute atomic E-state index is 0.295. The number of ether oxygens (including phenoxy) is 1. The van der Waals surface area contributed by atoms with E-state index in [1.807, 2.05) is 0 Å². The third-order valence-corrected chi connectivity index (χ3v) is 2.50. The number of hydrogen-bond donors (Lipinski definition) is 1. The molecule has 1 heterocycles. The smallest absolute Gasteiger partial charge is 0.303 e. The SMILES string of the molecule is CC1OCCC1CCCC(=O)O. The van der Waals surface area contributed by atoms with Gasteiger partial charge in [-0.15, -0.1) is 0 Å². The largest absolute Gasteiger partial charge is 0.481 e. The summed E-state index contributed by atoms with van der Waals surface area (Å²) in [6.45, 7) is 2.91. The normalized spacial score (nSPS) is 29.1. The van der Waals surface area contributed by atoms with Gasteiger partial charge in [0.1, 0.15) is 0 Å². The molecule has 70 valence electrons. The third kappa shape index (κ3) is 2.81. The van der Waals surface area contributed by atoms with E-state index in [1.54, 1.807) is 0 Å². The maximum atomic E-state index is 10.2. The molecule has 1 rings (SSSR count). The number of hydrogen-bond acceptors (Lipinski definition) is 2. The standard InChI is InChI=1S/C9H16O3/c1-7-8(5-6-12-7)3-2-4-9(10)11/h7-8H,2-6H2,1H3,(H,10,11). The molecule has 0 amide bonds. The van der Waals surface area contributed by atoms with E-state index >= 15 is 0 Å². The Bertz CT molecular complexity index is 156. The number of carbonyl (C=O) groups is 1. The zero-order chi connectivity index (χ0) is 8.97. The van der Waals surface area contributed by atoms with Crippen LogP contribution in [0.15, 0.2) is 0 Å². The second-order valence-corrected chi connectivity index (χ2v) is 3.41. The molecule has 0 aromatic carbocycles. The predicted molar refractivity (Wildman–Crippen MR) is 45.0 cm³/mol. The molecule has 2 unspecified atom stereocenters. The minimum Gasteiger partial charge on any atom is -0.481 e. The summed E-state index contributed by atoms with van der Waals surface area (Å²) in [4.78, 5) is 10.2. The highest BCUT2D eigenvalue weighted by atomic mass is 16.5. The molecule has 0 aliphatic carbocycles. The quantitative estimate of drug-likeness (QED) is 0.701. The average molecular weight is 172 g/mol. The molecular weight excluding hydrogens is 156 g/mol. The maximum absolute atomic E-state index is 10.2. The van der Waals surface area contributed by atoms with Gasteiger partial charge in [0, 0.05) is 13.0 Å². The molecular formula is C9H16O3. The second kappa shape index (κ2) is 4.45. The molecule has 0 radical (unpaired) electrons. The number of aliphatic carboxylic acids is 1. The molecule has 3 heteroatoms. The summed E-state index contributed by atoms with van der Waals surface area (Å²) in [5.74, 6) is -0.106. The molecule has 1 N–H and O–H groups in total. The van der Waals surface area contributed by atoms with Gasteiger partial charge in [0.05, 0.1) is 6.10 Å². The predicted octanol–water partition coefficient (Wildman–Crippen LogP) is 1.67. The summed E-state index contributed by atoms with van der Waals surface area (Å²) in [5, 5.41) is 8.42. The van der Waals surface area contributed by atoms with Gasteiger partial charge in [-0.25, -0.2) is 0 Å². The van der Waals surface area contributed by atoms with Gasteiger partial charge in [-0.2, -0.15) is 0 Å². The zero-order valence-electron chi connectivity index (χ0n) is 7.45. The second-order valence-electron chi connectivity index (χ2n) is 3.41. The van der Waals surface area contributed by atoms with Crippen molar-refractivity contribution >= 4 is 5.97 Å². The first-order valence-electron chi connectivity index (χ1n) is 4.53. The van der Waals surface area contributed by atoms with Gasteiger partial charge >= 0.3 is 5.97 Å². The highest BCUT2D eigenvalue weighted by molar-refractivity contribution is 5.66. The zero-order valence-corrected chi connectivity index (χ0v) is 7.45. The van der Waals surface area contributed by atoms with Crippen molar-refractivity contribution in [3.63, 3.8) is 0 Å². The Morgan fingerprint density at radius 3 is 2.92 bits per heavy atom. The van der Waals surface area contributed by atoms with Crippen LogP contribution in [0.3, 0.4) is 0 Å². The molecule has 3 nitrogen and oxygen atoms in total. The fourth-order valence-electron chi connectivity index (χ4n) is 1.67. The molecule has 2 atom stereocenters. The molecule has 1 fully saturated rings. The van der Waals surface area contributed by atoms with Crippen molar-refractivity contribution in [1.29, 1.82) is 0 Å². The van der Waals surface area contributed by atoms with Crippen LogP contribution in [0.2, 0.25) is 0 Å². The van der Waals surface area contributed by atoms with E-state index in [2.05, 4.69) is 6.92 Å². The van der Waals surface area contributed by atoms with Gasteiger partial charge in [0.15, 0.2) is 0 Å². The number of rotatable bonds is 4. The monoisotopic (exact) mass is 172 g/mol. The van der Waals surface area contributed by atoms with Gasteiger partial charge in [-0.1, -0.05) is 0 Å². The molecule has 0 saturated carbocycles. The van der Waals surface area contributed by atoms with Crippen LogP contribution in [0.4, 0.5) is 0 Å². The molecule has 12 heavy (non-hydrogen) atoms. The Hall–Kier alpha value is -0.570. The van der Waals surface area contributed by atoms with Crippen molar-refractivity contribution in [1.82, 2.24) is 0 Å². The van der Waals surface area contributed by atoms with E-state index in [9.17, 15) is 4.79 Å². The molecule has 0 spiro atoms. The fourth-order valence-corrected chi connectivity index (χ4v) is 1.67. The highest BCUT2D eigenvalue weighted by Gasteiger charge is 2.23. The lowest BCUT2D eigenvalue weighted by Gasteiger charge is -2.12. The van der Waals surface area contributed by atoms with E-state index in [0.29, 0.717) is 18.4 Å². The Morgan fingerprint density at radius 2 is 2.42 bits per heavy atom. The minimum atomic E-state index is -0.693. The summed E-state index contributed by atoms with van der Waals surface area (Å²) in [7, 11) is 0. The molecule has 1 aliphatic rings. The Labute approximate surface area is 72.7 Å². The van der Waals surface area contributed by atoms with Crippen LogP contribution < -0.4 is 0 Å². The number of carboxylic acids is 1. The Kier molecular flexibility index (Phi) is 3.53. The van der Waals surface area contributed by atoms with Crippen LogP contribution in [0.25, 0.3) is 0 Å². The summed E-state index contributed by atoms with van der Waals surface area (Å²) in [5.41, 5.74) is 0. The van der Waals surface area contributed by atoms with E-state index in [4.69, 9.17) is 9.84 Å². The molecule has 0 bridgehead atoms. The first-order chi connectivity index (χ1) is 5.70. The molecule has 0 aromatic rings. The van der Waals surface area contributed by atoms with Gasteiger partial charge in [0.2, 0.25) is 0 Å². The highest BCUT2D eigenvalue weighted by Crippen LogP contribution is 2.25. The van der Waals surface area contributed by atoms with Crippen molar-refractivity contribution in [2.45, 2.75) is 38.7 Å². The Balaban J connectivity index is 2.10. The van der Waals surface area contributed by atoms with E-state index < -0.39 is 5.97 Å². The van der Waals surface area contributed by atoms with Gasteiger partial charge in [0.25, 0.3) is 0 Å². The van der Waals surface area contributed by atoms with Crippen molar-refractivity contribution < 1.29 is 14.6 Å². The summed E-state index contributed by atoms with van der Waals surface area (Å²) < 4.78 is 5.38. The topological polar surface area (TPSA) is 46.5 Å². The van der Waals surface area contributed by atoms with Crippen LogP contribution in [-0.2, 0) is 9.53 Å². The first-order valence-corrected chi connectivity index (χ1v) is 4.53. The summed E-state index contributed by atoms with van der Waals surface area (Å²) in [6.07, 6.45) is 3.50. The molecule has 1 saturated heterocycles. The van der Waals surface area contributed by atoms with E-state index in [0.717, 1.165) is 25.9 Å². The molecule has 1 aliphatic heterocycles. The van der Waals surface area contributed by atoms with Gasteiger partial charge < -0.3 is 9.84 Å². The van der Waals surface area contributed by atoms with Crippen molar-refractivity contribution in [3.05, 3.63) is 0 Å². The number of carboxylic acid groups (broad SMARTS) is 1. The fraction of sp³-hybridized carbons (Fsp3) is 0.889. The van der Waals surface area contributed by atoms with Crippen LogP contribution in [0.5, 0.6) is 0 Å². The van der Waals surface area contributed by atoms with Crippen LogP contribution in [-0.4, -0.2) is 23.8 Å². The Morgan fingerprint density at radius 1 is 1.67 bits per heavy atom. The van der Waals surface area contributed by atoms with Crippen LogP contribution in [0, 0.1) is 5.92 Å². The lowest BCUT2D eigenvalue weighted by Crippen LogP contribution is -2.11. The van der Waals surface area contributed by atoms with Crippen LogP contribution in [0.1, 0.15) is 32.6 Å². The van der Waals surface area contributed by atoms with Gasteiger partial charge in [-0.05, 0) is 32.1 Å². The third-order valence-electron chi connectivity index (χ3n) is 2.50. The van der Waals surface area contributed by atoms with Gasteiger partial charge in [-0.3, -0.25) is 4.79 Å².